The van der Waals surface area contributed by atoms with Crippen molar-refractivity contribution in [3.05, 3.63) is 0 Å². The molecule has 0 radical (unpaired) electrons. The summed E-state index contributed by atoms with van der Waals surface area (Å²) in [6, 6.07) is 0. The first kappa shape index (κ1) is 24.8. The third-order valence-corrected chi connectivity index (χ3v) is 7.20. The summed E-state index contributed by atoms with van der Waals surface area (Å²) < 4.78 is 6.68. The summed E-state index contributed by atoms with van der Waals surface area (Å²) in [6.45, 7) is 16.9. The number of carbonyl (C=O) groups excluding carboxylic acids is 1. The van der Waals surface area contributed by atoms with Gasteiger partial charge in [0.25, 0.3) is 0 Å². The lowest BCUT2D eigenvalue weighted by atomic mass is 9.92. The minimum Gasteiger partial charge on any atom is -0.374 e. The Hall–Kier alpha value is -0.220. The molecule has 0 aliphatic rings. The molecule has 0 aromatic heterocycles. The minimum absolute atomic E-state index is 0.129. The lowest BCUT2D eigenvalue weighted by Gasteiger charge is -2.35. The van der Waals surface area contributed by atoms with Crippen molar-refractivity contribution < 1.29 is 9.53 Å². The van der Waals surface area contributed by atoms with Crippen molar-refractivity contribution in [2.45, 2.75) is 104 Å². The Balaban J connectivity index is 4.62. The van der Waals surface area contributed by atoms with Crippen LogP contribution in [-0.2, 0) is 9.53 Å². The van der Waals surface area contributed by atoms with E-state index in [-0.39, 0.29) is 11.5 Å². The number of hydrogen-bond donors (Lipinski definition) is 1. The molecular weight excluding hydrogens is 330 g/mol. The van der Waals surface area contributed by atoms with Gasteiger partial charge in [-0.1, -0.05) is 48.5 Å². The number of hydrogen-bond acceptors (Lipinski definition) is 3. The molecule has 0 spiro atoms. The molecule has 0 aliphatic carbocycles. The Bertz CT molecular complexity index is 350. The average Bonchev–Trinajstić information content (AvgIpc) is 2.59. The molecule has 150 valence electrons. The highest BCUT2D eigenvalue weighted by Gasteiger charge is 2.32. The van der Waals surface area contributed by atoms with Crippen LogP contribution in [0.4, 0.5) is 0 Å². The summed E-state index contributed by atoms with van der Waals surface area (Å²) in [7, 11) is 0. The molecule has 0 rings (SSSR count). The Morgan fingerprint density at radius 1 is 1.04 bits per heavy atom. The zero-order chi connectivity index (χ0) is 19.3. The molecule has 0 fully saturated rings. The molecule has 3 nitrogen and oxygen atoms in total. The van der Waals surface area contributed by atoms with Crippen LogP contribution in [-0.4, -0.2) is 35.2 Å². The molecular formula is C21H43NO2S. The summed E-state index contributed by atoms with van der Waals surface area (Å²) in [6.07, 6.45) is 6.68. The van der Waals surface area contributed by atoms with Gasteiger partial charge < -0.3 is 10.1 Å². The second kappa shape index (κ2) is 13.0. The van der Waals surface area contributed by atoms with Gasteiger partial charge in [-0.3, -0.25) is 4.79 Å². The van der Waals surface area contributed by atoms with Crippen LogP contribution >= 0.6 is 11.8 Å². The fraction of sp³-hybridized carbons (Fsp3) is 0.952. The predicted molar refractivity (Wildman–Crippen MR) is 112 cm³/mol. The fourth-order valence-electron chi connectivity index (χ4n) is 3.25. The topological polar surface area (TPSA) is 38.3 Å². The molecule has 0 bridgehead atoms. The SMILES string of the molecule is CCSC(CC)(CC)CCOC(CC)(CC)CC(=O)NCCC(C)C. The van der Waals surface area contributed by atoms with Crippen molar-refractivity contribution in [3.63, 3.8) is 0 Å². The maximum Gasteiger partial charge on any atom is 0.222 e. The lowest BCUT2D eigenvalue weighted by molar-refractivity contribution is -0.130. The fourth-order valence-corrected chi connectivity index (χ4v) is 4.50. The van der Waals surface area contributed by atoms with Crippen molar-refractivity contribution in [2.24, 2.45) is 5.92 Å². The quantitative estimate of drug-likeness (QED) is 0.393. The molecule has 0 unspecified atom stereocenters. The van der Waals surface area contributed by atoms with Crippen LogP contribution in [0.5, 0.6) is 0 Å². The predicted octanol–water partition coefficient (Wildman–Crippen LogP) is 5.82. The van der Waals surface area contributed by atoms with E-state index in [0.717, 1.165) is 44.6 Å². The molecule has 0 saturated carbocycles. The van der Waals surface area contributed by atoms with Gasteiger partial charge in [-0.2, -0.15) is 11.8 Å². The molecule has 0 atom stereocenters. The van der Waals surface area contributed by atoms with Crippen LogP contribution < -0.4 is 5.32 Å². The van der Waals surface area contributed by atoms with Gasteiger partial charge in [-0.15, -0.1) is 0 Å². The van der Waals surface area contributed by atoms with Crippen molar-refractivity contribution in [3.8, 4) is 0 Å². The van der Waals surface area contributed by atoms with E-state index in [1.54, 1.807) is 0 Å². The Morgan fingerprint density at radius 2 is 1.64 bits per heavy atom. The third-order valence-electron chi connectivity index (χ3n) is 5.52. The van der Waals surface area contributed by atoms with Gasteiger partial charge in [0.05, 0.1) is 12.0 Å². The van der Waals surface area contributed by atoms with Gasteiger partial charge in [0.1, 0.15) is 0 Å². The van der Waals surface area contributed by atoms with Gasteiger partial charge >= 0.3 is 0 Å². The first-order chi connectivity index (χ1) is 11.8. The van der Waals surface area contributed by atoms with Crippen molar-refractivity contribution >= 4 is 17.7 Å². The van der Waals surface area contributed by atoms with E-state index >= 15 is 0 Å². The van der Waals surface area contributed by atoms with Crippen LogP contribution in [0.1, 0.15) is 93.4 Å². The molecule has 1 N–H and O–H groups in total. The first-order valence-electron chi connectivity index (χ1n) is 10.4. The van der Waals surface area contributed by atoms with Gasteiger partial charge in [0.15, 0.2) is 0 Å². The second-order valence-corrected chi connectivity index (χ2v) is 9.25. The maximum atomic E-state index is 12.3. The summed E-state index contributed by atoms with van der Waals surface area (Å²) in [5, 5.41) is 3.06. The first-order valence-corrected chi connectivity index (χ1v) is 11.4. The Morgan fingerprint density at radius 3 is 2.08 bits per heavy atom. The number of rotatable bonds is 15. The Kier molecular flexibility index (Phi) is 12.9. The van der Waals surface area contributed by atoms with E-state index in [2.05, 4.69) is 65.5 Å². The number of thioether (sulfide) groups is 1. The number of nitrogens with one attached hydrogen (secondary N) is 1. The van der Waals surface area contributed by atoms with Crippen LogP contribution in [0.2, 0.25) is 0 Å². The third kappa shape index (κ3) is 9.33. The highest BCUT2D eigenvalue weighted by molar-refractivity contribution is 8.00. The summed E-state index contributed by atoms with van der Waals surface area (Å²) in [5.74, 6) is 1.89. The summed E-state index contributed by atoms with van der Waals surface area (Å²) in [5.41, 5.74) is -0.313. The molecule has 0 aliphatic heterocycles. The molecule has 0 aromatic carbocycles. The van der Waals surface area contributed by atoms with E-state index in [4.69, 9.17) is 4.74 Å². The molecule has 1 amide bonds. The lowest BCUT2D eigenvalue weighted by Crippen LogP contribution is -2.40. The van der Waals surface area contributed by atoms with E-state index in [1.807, 2.05) is 0 Å². The number of amides is 1. The maximum absolute atomic E-state index is 12.3. The zero-order valence-corrected chi connectivity index (χ0v) is 18.7. The van der Waals surface area contributed by atoms with E-state index in [9.17, 15) is 4.79 Å². The van der Waals surface area contributed by atoms with Gasteiger partial charge in [-0.05, 0) is 50.2 Å². The monoisotopic (exact) mass is 373 g/mol. The van der Waals surface area contributed by atoms with Gasteiger partial charge in [-0.25, -0.2) is 0 Å². The summed E-state index contributed by atoms with van der Waals surface area (Å²) >= 11 is 2.06. The minimum atomic E-state index is -0.313. The van der Waals surface area contributed by atoms with E-state index in [1.165, 1.54) is 12.8 Å². The van der Waals surface area contributed by atoms with Crippen LogP contribution in [0.25, 0.3) is 0 Å². The number of ether oxygens (including phenoxy) is 1. The standard InChI is InChI=1S/C21H43NO2S/c1-8-20(9-2,17-19(23)22-15-13-18(6)7)24-16-14-21(10-3,11-4)25-12-5/h18H,8-17H2,1-7H3,(H,22,23). The van der Waals surface area contributed by atoms with Gasteiger partial charge in [0.2, 0.25) is 5.91 Å². The van der Waals surface area contributed by atoms with Crippen LogP contribution in [0.3, 0.4) is 0 Å². The average molecular weight is 374 g/mol. The zero-order valence-electron chi connectivity index (χ0n) is 17.9. The van der Waals surface area contributed by atoms with E-state index in [0.29, 0.717) is 17.1 Å². The number of carbonyl (C=O) groups is 1. The van der Waals surface area contributed by atoms with E-state index < -0.39 is 0 Å². The highest BCUT2D eigenvalue weighted by Crippen LogP contribution is 2.36. The second-order valence-electron chi connectivity index (χ2n) is 7.52. The summed E-state index contributed by atoms with van der Waals surface area (Å²) in [4.78, 5) is 12.3. The van der Waals surface area contributed by atoms with Crippen LogP contribution in [0.15, 0.2) is 0 Å². The molecule has 0 saturated heterocycles. The highest BCUT2D eigenvalue weighted by atomic mass is 32.2. The smallest absolute Gasteiger partial charge is 0.222 e. The molecule has 4 heteroatoms. The normalized spacial score (nSPS) is 12.6. The van der Waals surface area contributed by atoms with Crippen molar-refractivity contribution in [1.82, 2.24) is 5.32 Å². The largest absolute Gasteiger partial charge is 0.374 e. The van der Waals surface area contributed by atoms with Crippen molar-refractivity contribution in [1.29, 1.82) is 0 Å². The molecule has 25 heavy (non-hydrogen) atoms. The molecule has 0 heterocycles. The Labute approximate surface area is 161 Å². The van der Waals surface area contributed by atoms with Crippen molar-refractivity contribution in [2.75, 3.05) is 18.9 Å². The van der Waals surface area contributed by atoms with Gasteiger partial charge in [0, 0.05) is 17.9 Å². The molecule has 0 aromatic rings. The van der Waals surface area contributed by atoms with Crippen LogP contribution in [0, 0.1) is 5.92 Å².